The highest BCUT2D eigenvalue weighted by Crippen LogP contribution is 2.53. The fourth-order valence-corrected chi connectivity index (χ4v) is 21.0. The lowest BCUT2D eigenvalue weighted by Gasteiger charge is -2.28. The predicted octanol–water partition coefficient (Wildman–Crippen LogP) is 33.3. The van der Waals surface area contributed by atoms with Gasteiger partial charge in [-0.15, -0.1) is 0 Å². The lowest BCUT2D eigenvalue weighted by atomic mass is 9.81. The minimum absolute atomic E-state index is 0.296. The van der Waals surface area contributed by atoms with Crippen molar-refractivity contribution in [2.24, 2.45) is 0 Å². The van der Waals surface area contributed by atoms with Crippen molar-refractivity contribution in [1.29, 1.82) is 0 Å². The first-order chi connectivity index (χ1) is 63.7. The molecule has 606 valence electrons. The Kier molecular flexibility index (Phi) is 17.6. The highest BCUT2D eigenvalue weighted by Gasteiger charge is 2.37. The molecule has 0 saturated heterocycles. The predicted molar refractivity (Wildman–Crippen MR) is 543 cm³/mol. The molecular weight excluding hydrogens is 1560 g/mol. The summed E-state index contributed by atoms with van der Waals surface area (Å²) in [6, 6.07) is 175. The van der Waals surface area contributed by atoms with Gasteiger partial charge in [-0.25, -0.2) is 0 Å². The summed E-state index contributed by atoms with van der Waals surface area (Å²) in [4.78, 5) is 4.82. The third-order valence-electron chi connectivity index (χ3n) is 27.2. The third kappa shape index (κ3) is 12.5. The van der Waals surface area contributed by atoms with Crippen LogP contribution in [0.4, 0.5) is 34.1 Å². The zero-order valence-corrected chi connectivity index (χ0v) is 71.2. The highest BCUT2D eigenvalue weighted by atomic mass is 15.2. The first-order valence-electron chi connectivity index (χ1n) is 44.6. The van der Waals surface area contributed by atoms with Crippen molar-refractivity contribution in [3.63, 3.8) is 0 Å². The minimum Gasteiger partial charge on any atom is -0.311 e. The molecule has 0 saturated carbocycles. The molecule has 20 aromatic carbocycles. The van der Waals surface area contributed by atoms with Gasteiger partial charge in [0.2, 0.25) is 0 Å². The maximum absolute atomic E-state index is 2.46. The van der Waals surface area contributed by atoms with E-state index in [-0.39, 0.29) is 5.41 Å². The summed E-state index contributed by atoms with van der Waals surface area (Å²) in [6.07, 6.45) is 0. The normalized spacial score (nSPS) is 12.3. The van der Waals surface area contributed by atoms with Crippen molar-refractivity contribution in [3.05, 3.63) is 484 Å². The molecule has 0 N–H and O–H groups in total. The number of fused-ring (bicyclic) bond motifs is 15. The molecule has 0 radical (unpaired) electrons. The van der Waals surface area contributed by atoms with Crippen LogP contribution in [-0.4, -0.2) is 18.3 Å². The molecule has 0 bridgehead atoms. The molecule has 1 aliphatic carbocycles. The second-order valence-electron chi connectivity index (χ2n) is 34.7. The molecule has 0 aliphatic heterocycles. The van der Waals surface area contributed by atoms with Crippen LogP contribution in [0.5, 0.6) is 0 Å². The van der Waals surface area contributed by atoms with Crippen molar-refractivity contribution in [3.8, 4) is 101 Å². The molecule has 0 unspecified atom stereocenters. The van der Waals surface area contributed by atoms with Crippen molar-refractivity contribution in [2.75, 3.05) is 9.80 Å². The van der Waals surface area contributed by atoms with Crippen LogP contribution in [-0.2, 0) is 5.41 Å². The van der Waals surface area contributed by atoms with Crippen LogP contribution in [0.15, 0.2) is 473 Å². The number of para-hydroxylation sites is 7. The summed E-state index contributed by atoms with van der Waals surface area (Å²) in [5.41, 5.74) is 39.4. The van der Waals surface area contributed by atoms with E-state index in [1.165, 1.54) is 137 Å². The van der Waals surface area contributed by atoms with Crippen LogP contribution in [0.2, 0.25) is 0 Å². The average Bonchev–Trinajstić information content (AvgIpc) is 1.57. The number of hydrogen-bond acceptors (Lipinski definition) is 2. The Hall–Kier alpha value is -16.8. The van der Waals surface area contributed by atoms with Crippen LogP contribution in [0.1, 0.15) is 25.0 Å². The first-order valence-corrected chi connectivity index (χ1v) is 44.6. The molecular formula is C123H84N6. The van der Waals surface area contributed by atoms with Crippen LogP contribution in [0, 0.1) is 0 Å². The molecule has 0 fully saturated rings. The Morgan fingerprint density at radius 1 is 0.163 bits per heavy atom. The van der Waals surface area contributed by atoms with E-state index in [0.717, 1.165) is 95.7 Å². The van der Waals surface area contributed by atoms with E-state index in [0.29, 0.717) is 0 Å². The van der Waals surface area contributed by atoms with Gasteiger partial charge in [-0.3, -0.25) is 0 Å². The van der Waals surface area contributed by atoms with E-state index in [1.807, 2.05) is 0 Å². The summed E-state index contributed by atoms with van der Waals surface area (Å²) >= 11 is 0. The molecule has 4 aromatic heterocycles. The molecule has 24 aromatic rings. The number of anilines is 6. The fraction of sp³-hybridized carbons (Fsp3) is 0.0244. The Morgan fingerprint density at radius 3 is 0.907 bits per heavy atom. The van der Waals surface area contributed by atoms with E-state index in [4.69, 9.17) is 0 Å². The number of nitrogens with zero attached hydrogens (tertiary/aromatic N) is 6. The summed E-state index contributed by atoms with van der Waals surface area (Å²) in [6.45, 7) is 4.81. The van der Waals surface area contributed by atoms with E-state index in [1.54, 1.807) is 0 Å². The Balaban J connectivity index is 0.529. The monoisotopic (exact) mass is 1640 g/mol. The average molecular weight is 1650 g/mol. The van der Waals surface area contributed by atoms with Gasteiger partial charge in [0.15, 0.2) is 0 Å². The van der Waals surface area contributed by atoms with Gasteiger partial charge in [-0.05, 0) is 283 Å². The minimum atomic E-state index is -0.296. The summed E-state index contributed by atoms with van der Waals surface area (Å²) in [7, 11) is 0. The largest absolute Gasteiger partial charge is 0.311 e. The Labute approximate surface area is 748 Å². The van der Waals surface area contributed by atoms with Gasteiger partial charge >= 0.3 is 0 Å². The lowest BCUT2D eigenvalue weighted by molar-refractivity contribution is 0.660. The van der Waals surface area contributed by atoms with Crippen molar-refractivity contribution in [1.82, 2.24) is 18.3 Å². The first kappa shape index (κ1) is 74.8. The van der Waals surface area contributed by atoms with Gasteiger partial charge in [0.25, 0.3) is 0 Å². The molecule has 4 heterocycles. The zero-order chi connectivity index (χ0) is 85.4. The van der Waals surface area contributed by atoms with Crippen LogP contribution in [0.25, 0.3) is 188 Å². The van der Waals surface area contributed by atoms with E-state index in [2.05, 4.69) is 515 Å². The van der Waals surface area contributed by atoms with Gasteiger partial charge < -0.3 is 28.1 Å². The summed E-state index contributed by atoms with van der Waals surface area (Å²) in [5.74, 6) is 0. The second-order valence-corrected chi connectivity index (χ2v) is 34.7. The molecule has 0 spiro atoms. The fourth-order valence-electron chi connectivity index (χ4n) is 21.0. The van der Waals surface area contributed by atoms with Gasteiger partial charge in [-0.1, -0.05) is 293 Å². The number of aromatic nitrogens is 4. The molecule has 0 atom stereocenters. The molecule has 6 nitrogen and oxygen atoms in total. The van der Waals surface area contributed by atoms with Gasteiger partial charge in [0, 0.05) is 105 Å². The Bertz CT molecular complexity index is 8460. The molecule has 129 heavy (non-hydrogen) atoms. The van der Waals surface area contributed by atoms with E-state index in [9.17, 15) is 0 Å². The zero-order valence-electron chi connectivity index (χ0n) is 71.2. The van der Waals surface area contributed by atoms with Crippen LogP contribution >= 0.6 is 0 Å². The topological polar surface area (TPSA) is 26.2 Å². The maximum Gasteiger partial charge on any atom is 0.0547 e. The Morgan fingerprint density at radius 2 is 0.434 bits per heavy atom. The third-order valence-corrected chi connectivity index (χ3v) is 27.2. The number of rotatable bonds is 16. The molecule has 6 heteroatoms. The van der Waals surface area contributed by atoms with Crippen molar-refractivity contribution >= 4 is 121 Å². The smallest absolute Gasteiger partial charge is 0.0547 e. The molecule has 25 rings (SSSR count). The maximum atomic E-state index is 2.46. The van der Waals surface area contributed by atoms with E-state index < -0.39 is 0 Å². The standard InChI is InChI=1S/C123H84N6/c1-123(2)112-79-90(89-56-75-120-111(78-89)108-35-15-20-41-117(108)127(120)93-30-10-5-11-31-93)54-72-103(112)104-73-71-101(80-113(104)123)125(96-59-48-83(49-60-96)81-24-6-3-7-25-81)98-65-69-100(70-66-98)129-118-42-21-16-36-109(118)122-102(37-23-43-121(122)129)91-27-22-26-87(76-91)86-52-61-95(62-53-86)124(97-63-67-99(68-64-97)128-114-38-17-12-32-105(114)106-33-13-18-39-115(106)128)94-57-50-84(51-58-94)82-44-46-85(47-45-82)88-55-74-119-110(77-88)107-34-14-19-40-116(107)126(119)92-28-8-4-9-29-92/h3-80H,1-2H3. The van der Waals surface area contributed by atoms with Crippen molar-refractivity contribution in [2.45, 2.75) is 19.3 Å². The highest BCUT2D eigenvalue weighted by molar-refractivity contribution is 6.17. The molecule has 0 amide bonds. The van der Waals surface area contributed by atoms with Gasteiger partial charge in [-0.2, -0.15) is 0 Å². The van der Waals surface area contributed by atoms with Crippen LogP contribution < -0.4 is 9.80 Å². The SMILES string of the molecule is CC1(C)c2cc(-c3ccc4c(c3)c3ccccc3n4-c3ccccc3)ccc2-c2ccc(N(c3ccc(-c4ccccc4)cc3)c3ccc(-n4c5ccccc5c5c(-c6cccc(-c7ccc(N(c8ccc(-c9ccc(-c%10ccc%11c(c%10)c%10ccccc%10n%11-c%10ccccc%10)cc9)cc8)c8ccc(-n9c%10ccccc%10c%10ccccc%109)cc8)cc7)c6)cccc54)cc3)cc21. The van der Waals surface area contributed by atoms with Crippen molar-refractivity contribution < 1.29 is 0 Å². The number of hydrogen-bond donors (Lipinski definition) is 0. The summed E-state index contributed by atoms with van der Waals surface area (Å²) < 4.78 is 9.61. The quantitative estimate of drug-likeness (QED) is 0.0964. The van der Waals surface area contributed by atoms with Gasteiger partial charge in [0.1, 0.15) is 0 Å². The second kappa shape index (κ2) is 30.3. The van der Waals surface area contributed by atoms with Gasteiger partial charge in [0.05, 0.1) is 44.1 Å². The summed E-state index contributed by atoms with van der Waals surface area (Å²) in [5, 5.41) is 9.89. The molecule has 1 aliphatic rings. The van der Waals surface area contributed by atoms with E-state index >= 15 is 0 Å². The number of benzene rings is 20. The van der Waals surface area contributed by atoms with Crippen LogP contribution in [0.3, 0.4) is 0 Å². The lowest BCUT2D eigenvalue weighted by Crippen LogP contribution is -2.16.